The summed E-state index contributed by atoms with van der Waals surface area (Å²) in [6.45, 7) is 8.92. The highest BCUT2D eigenvalue weighted by Crippen LogP contribution is 2.36. The van der Waals surface area contributed by atoms with E-state index in [4.69, 9.17) is 18.9 Å². The van der Waals surface area contributed by atoms with Gasteiger partial charge < -0.3 is 23.8 Å². The summed E-state index contributed by atoms with van der Waals surface area (Å²) in [5, 5.41) is 0. The SMILES string of the molecule is CCOC(C)Oc1ccc(N(c2ccccc2)c2ccc(OC(C)OCC)cc2)cc1. The van der Waals surface area contributed by atoms with Crippen LogP contribution in [0.1, 0.15) is 27.7 Å². The summed E-state index contributed by atoms with van der Waals surface area (Å²) < 4.78 is 22.5. The van der Waals surface area contributed by atoms with Crippen LogP contribution in [0.2, 0.25) is 0 Å². The fraction of sp³-hybridized carbons (Fsp3) is 0.308. The van der Waals surface area contributed by atoms with E-state index in [1.54, 1.807) is 0 Å². The second kappa shape index (κ2) is 11.4. The number of ether oxygens (including phenoxy) is 4. The van der Waals surface area contributed by atoms with Gasteiger partial charge in [0.2, 0.25) is 0 Å². The van der Waals surface area contributed by atoms with Gasteiger partial charge in [-0.3, -0.25) is 0 Å². The monoisotopic (exact) mass is 421 g/mol. The molecule has 5 heteroatoms. The zero-order valence-electron chi connectivity index (χ0n) is 18.7. The van der Waals surface area contributed by atoms with Crippen LogP contribution in [0.15, 0.2) is 78.9 Å². The first kappa shape index (κ1) is 22.7. The van der Waals surface area contributed by atoms with Gasteiger partial charge in [0.15, 0.2) is 12.6 Å². The van der Waals surface area contributed by atoms with Gasteiger partial charge in [0.05, 0.1) is 0 Å². The molecule has 0 aliphatic carbocycles. The number of anilines is 3. The minimum absolute atomic E-state index is 0.285. The molecule has 0 fully saturated rings. The van der Waals surface area contributed by atoms with Gasteiger partial charge in [0.1, 0.15) is 11.5 Å². The number of hydrogen-bond acceptors (Lipinski definition) is 5. The molecule has 2 atom stereocenters. The van der Waals surface area contributed by atoms with E-state index < -0.39 is 0 Å². The summed E-state index contributed by atoms with van der Waals surface area (Å²) in [5.74, 6) is 1.54. The largest absolute Gasteiger partial charge is 0.465 e. The third-order valence-corrected chi connectivity index (χ3v) is 4.61. The Labute approximate surface area is 185 Å². The molecular weight excluding hydrogens is 390 g/mol. The van der Waals surface area contributed by atoms with Crippen molar-refractivity contribution in [3.8, 4) is 11.5 Å². The summed E-state index contributed by atoms with van der Waals surface area (Å²) in [6.07, 6.45) is -0.569. The fourth-order valence-electron chi connectivity index (χ4n) is 3.29. The van der Waals surface area contributed by atoms with Gasteiger partial charge >= 0.3 is 0 Å². The van der Waals surface area contributed by atoms with Gasteiger partial charge in [-0.05, 0) is 88.4 Å². The molecule has 0 N–H and O–H groups in total. The van der Waals surface area contributed by atoms with E-state index in [1.807, 2.05) is 94.4 Å². The maximum Gasteiger partial charge on any atom is 0.196 e. The van der Waals surface area contributed by atoms with Crippen LogP contribution in [-0.4, -0.2) is 25.8 Å². The van der Waals surface area contributed by atoms with Crippen LogP contribution in [0.3, 0.4) is 0 Å². The topological polar surface area (TPSA) is 40.2 Å². The maximum atomic E-state index is 5.80. The Bertz CT molecular complexity index is 839. The predicted molar refractivity (Wildman–Crippen MR) is 125 cm³/mol. The Kier molecular flexibility index (Phi) is 8.33. The van der Waals surface area contributed by atoms with Gasteiger partial charge in [-0.15, -0.1) is 0 Å². The highest BCUT2D eigenvalue weighted by atomic mass is 16.7. The molecule has 0 aliphatic rings. The molecule has 5 nitrogen and oxygen atoms in total. The van der Waals surface area contributed by atoms with Gasteiger partial charge in [-0.2, -0.15) is 0 Å². The predicted octanol–water partition coefficient (Wildman–Crippen LogP) is 6.68. The van der Waals surface area contributed by atoms with Crippen molar-refractivity contribution in [2.45, 2.75) is 40.3 Å². The van der Waals surface area contributed by atoms with Crippen molar-refractivity contribution in [1.29, 1.82) is 0 Å². The third-order valence-electron chi connectivity index (χ3n) is 4.61. The summed E-state index contributed by atoms with van der Waals surface area (Å²) in [4.78, 5) is 2.19. The molecule has 0 heterocycles. The summed E-state index contributed by atoms with van der Waals surface area (Å²) in [7, 11) is 0. The van der Waals surface area contributed by atoms with Gasteiger partial charge in [-0.25, -0.2) is 0 Å². The molecule has 3 aromatic rings. The van der Waals surface area contributed by atoms with Crippen LogP contribution in [0, 0.1) is 0 Å². The lowest BCUT2D eigenvalue weighted by molar-refractivity contribution is -0.0616. The Balaban J connectivity index is 1.84. The highest BCUT2D eigenvalue weighted by Gasteiger charge is 2.13. The van der Waals surface area contributed by atoms with Crippen LogP contribution in [-0.2, 0) is 9.47 Å². The van der Waals surface area contributed by atoms with Crippen molar-refractivity contribution in [2.75, 3.05) is 18.1 Å². The minimum Gasteiger partial charge on any atom is -0.465 e. The van der Waals surface area contributed by atoms with Gasteiger partial charge in [0.25, 0.3) is 0 Å². The van der Waals surface area contributed by atoms with E-state index in [9.17, 15) is 0 Å². The molecular formula is C26H31NO4. The van der Waals surface area contributed by atoms with E-state index in [1.165, 1.54) is 0 Å². The van der Waals surface area contributed by atoms with E-state index >= 15 is 0 Å². The molecule has 0 saturated carbocycles. The normalized spacial score (nSPS) is 12.8. The molecule has 0 aliphatic heterocycles. The lowest BCUT2D eigenvalue weighted by Crippen LogP contribution is -2.16. The van der Waals surface area contributed by atoms with Crippen LogP contribution < -0.4 is 14.4 Å². The van der Waals surface area contributed by atoms with Gasteiger partial charge in [0, 0.05) is 30.3 Å². The summed E-state index contributed by atoms with van der Waals surface area (Å²) in [5.41, 5.74) is 3.12. The van der Waals surface area contributed by atoms with Crippen molar-refractivity contribution in [2.24, 2.45) is 0 Å². The van der Waals surface area contributed by atoms with Crippen molar-refractivity contribution in [3.63, 3.8) is 0 Å². The zero-order chi connectivity index (χ0) is 22.1. The number of benzene rings is 3. The van der Waals surface area contributed by atoms with Crippen molar-refractivity contribution >= 4 is 17.1 Å². The standard InChI is InChI=1S/C26H31NO4/c1-5-28-20(3)30-25-16-12-23(13-17-25)27(22-10-8-7-9-11-22)24-14-18-26(19-15-24)31-21(4)29-6-2/h7-21H,5-6H2,1-4H3. The highest BCUT2D eigenvalue weighted by molar-refractivity contribution is 5.76. The Morgan fingerprint density at radius 2 is 0.968 bits per heavy atom. The maximum absolute atomic E-state index is 5.80. The van der Waals surface area contributed by atoms with E-state index in [0.29, 0.717) is 13.2 Å². The quantitative estimate of drug-likeness (QED) is 0.323. The molecule has 0 saturated heterocycles. The zero-order valence-corrected chi connectivity index (χ0v) is 18.7. The number of rotatable bonds is 11. The smallest absolute Gasteiger partial charge is 0.196 e. The van der Waals surface area contributed by atoms with Crippen LogP contribution in [0.4, 0.5) is 17.1 Å². The molecule has 3 aromatic carbocycles. The molecule has 0 aromatic heterocycles. The third kappa shape index (κ3) is 6.48. The summed E-state index contributed by atoms with van der Waals surface area (Å²) >= 11 is 0. The Hall–Kier alpha value is -3.02. The molecule has 3 rings (SSSR count). The van der Waals surface area contributed by atoms with Crippen LogP contribution in [0.5, 0.6) is 11.5 Å². The number of para-hydroxylation sites is 1. The molecule has 0 radical (unpaired) electrons. The molecule has 164 valence electrons. The van der Waals surface area contributed by atoms with Crippen molar-refractivity contribution in [1.82, 2.24) is 0 Å². The average Bonchev–Trinajstić information content (AvgIpc) is 2.77. The second-order valence-corrected chi connectivity index (χ2v) is 6.94. The number of nitrogens with zero attached hydrogens (tertiary/aromatic N) is 1. The molecule has 0 bridgehead atoms. The first-order valence-corrected chi connectivity index (χ1v) is 10.7. The van der Waals surface area contributed by atoms with Gasteiger partial charge in [-0.1, -0.05) is 18.2 Å². The molecule has 2 unspecified atom stereocenters. The van der Waals surface area contributed by atoms with Crippen LogP contribution >= 0.6 is 0 Å². The minimum atomic E-state index is -0.285. The fourth-order valence-corrected chi connectivity index (χ4v) is 3.29. The Morgan fingerprint density at radius 1 is 0.581 bits per heavy atom. The second-order valence-electron chi connectivity index (χ2n) is 6.94. The van der Waals surface area contributed by atoms with E-state index in [-0.39, 0.29) is 12.6 Å². The lowest BCUT2D eigenvalue weighted by Gasteiger charge is -2.26. The molecule has 0 spiro atoms. The first-order chi connectivity index (χ1) is 15.1. The summed E-state index contributed by atoms with van der Waals surface area (Å²) in [6, 6.07) is 26.3. The first-order valence-electron chi connectivity index (χ1n) is 10.7. The van der Waals surface area contributed by atoms with E-state index in [2.05, 4.69) is 17.0 Å². The van der Waals surface area contributed by atoms with E-state index in [0.717, 1.165) is 28.6 Å². The molecule has 0 amide bonds. The van der Waals surface area contributed by atoms with Crippen LogP contribution in [0.25, 0.3) is 0 Å². The number of hydrogen-bond donors (Lipinski definition) is 0. The molecule has 31 heavy (non-hydrogen) atoms. The Morgan fingerprint density at radius 3 is 1.35 bits per heavy atom. The van der Waals surface area contributed by atoms with Crippen molar-refractivity contribution < 1.29 is 18.9 Å². The lowest BCUT2D eigenvalue weighted by atomic mass is 10.2. The van der Waals surface area contributed by atoms with Crippen molar-refractivity contribution in [3.05, 3.63) is 78.9 Å². The average molecular weight is 422 g/mol.